The van der Waals surface area contributed by atoms with Gasteiger partial charge in [-0.15, -0.1) is 0 Å². The predicted octanol–water partition coefficient (Wildman–Crippen LogP) is 25.7. The van der Waals surface area contributed by atoms with Crippen LogP contribution < -0.4 is 0 Å². The van der Waals surface area contributed by atoms with Crippen molar-refractivity contribution in [2.75, 3.05) is 0 Å². The molecule has 502 valence electrons. The molecule has 16 aromatic carbocycles. The molecule has 0 fully saturated rings. The molecule has 0 saturated heterocycles. The Hall–Kier alpha value is -14.6. The number of benzene rings is 16. The van der Waals surface area contributed by atoms with Crippen molar-refractivity contribution in [2.24, 2.45) is 0 Å². The molecule has 0 saturated carbocycles. The summed E-state index contributed by atoms with van der Waals surface area (Å²) in [5.41, 5.74) is 26.7. The Balaban J connectivity index is 0.814. The third kappa shape index (κ3) is 8.92. The van der Waals surface area contributed by atoms with E-state index in [1.807, 2.05) is 6.07 Å². The molecular weight excluding hydrogens is 1310 g/mol. The Labute approximate surface area is 619 Å². The van der Waals surface area contributed by atoms with Crippen molar-refractivity contribution in [3.63, 3.8) is 0 Å². The number of rotatable bonds is 10. The van der Waals surface area contributed by atoms with Crippen molar-refractivity contribution in [3.05, 3.63) is 376 Å². The van der Waals surface area contributed by atoms with Gasteiger partial charge >= 0.3 is 0 Å². The fraction of sp³-hybridized carbons (Fsp3) is 0. The topological polar surface area (TPSA) is 55.4 Å². The SMILES string of the molecule is c1ccc(-c2cc(-c3ccc(-n4c5ccc(-n6c7ccccc7c7ccccc76)cc5c5cc(-n6c7ccccc7c7ccccc76)ccc54)c(-c4ccccc4-n4c5ccc(-n6c7ccccc7c7ccccc76)cc5c5cc(-n6c7ccccc7c7ccccc76)ccc54)c3)nc(-c3ccccc3)n2)cc1. The van der Waals surface area contributed by atoms with Crippen LogP contribution in [-0.2, 0) is 0 Å². The fourth-order valence-electron chi connectivity index (χ4n) is 17.9. The van der Waals surface area contributed by atoms with Crippen LogP contribution in [-0.4, -0.2) is 37.4 Å². The van der Waals surface area contributed by atoms with E-state index >= 15 is 0 Å². The molecule has 0 aliphatic heterocycles. The number of hydrogen-bond acceptors (Lipinski definition) is 2. The van der Waals surface area contributed by atoms with Crippen molar-refractivity contribution < 1.29 is 0 Å². The maximum absolute atomic E-state index is 5.54. The summed E-state index contributed by atoms with van der Waals surface area (Å²) in [6.07, 6.45) is 0. The number of hydrogen-bond donors (Lipinski definition) is 0. The van der Waals surface area contributed by atoms with Gasteiger partial charge in [-0.3, -0.25) is 0 Å². The lowest BCUT2D eigenvalue weighted by atomic mass is 9.96. The van der Waals surface area contributed by atoms with Gasteiger partial charge < -0.3 is 27.4 Å². The summed E-state index contributed by atoms with van der Waals surface area (Å²) in [5.74, 6) is 0.657. The van der Waals surface area contributed by atoms with E-state index in [-0.39, 0.29) is 0 Å². The highest BCUT2D eigenvalue weighted by molar-refractivity contribution is 6.17. The maximum Gasteiger partial charge on any atom is 0.160 e. The Morgan fingerprint density at radius 3 is 0.769 bits per heavy atom. The summed E-state index contributed by atoms with van der Waals surface area (Å²) in [5, 5.41) is 14.3. The zero-order valence-corrected chi connectivity index (χ0v) is 58.4. The molecule has 0 unspecified atom stereocenters. The second-order valence-electron chi connectivity index (χ2n) is 28.4. The quantitative estimate of drug-likeness (QED) is 0.137. The van der Waals surface area contributed by atoms with E-state index in [1.165, 1.54) is 43.1 Å². The molecule has 23 rings (SSSR count). The van der Waals surface area contributed by atoms with Crippen LogP contribution in [0.2, 0.25) is 0 Å². The molecule has 23 aromatic rings. The highest BCUT2D eigenvalue weighted by Crippen LogP contribution is 2.47. The van der Waals surface area contributed by atoms with E-state index in [0.29, 0.717) is 5.82 Å². The minimum absolute atomic E-state index is 0.657. The first kappa shape index (κ1) is 59.9. The van der Waals surface area contributed by atoms with E-state index in [1.54, 1.807) is 0 Å². The van der Waals surface area contributed by atoms with Crippen LogP contribution in [0.25, 0.3) is 210 Å². The third-order valence-corrected chi connectivity index (χ3v) is 22.6. The van der Waals surface area contributed by atoms with Crippen LogP contribution in [0.15, 0.2) is 376 Å². The zero-order chi connectivity index (χ0) is 70.7. The van der Waals surface area contributed by atoms with Crippen LogP contribution in [0.4, 0.5) is 0 Å². The van der Waals surface area contributed by atoms with Gasteiger partial charge in [0.2, 0.25) is 0 Å². The van der Waals surface area contributed by atoms with Gasteiger partial charge in [-0.05, 0) is 146 Å². The highest BCUT2D eigenvalue weighted by Gasteiger charge is 2.26. The first-order valence-electron chi connectivity index (χ1n) is 37.0. The second-order valence-corrected chi connectivity index (χ2v) is 28.4. The van der Waals surface area contributed by atoms with Crippen molar-refractivity contribution in [1.29, 1.82) is 0 Å². The summed E-state index contributed by atoms with van der Waals surface area (Å²) in [4.78, 5) is 10.8. The monoisotopic (exact) mass is 1370 g/mol. The van der Waals surface area contributed by atoms with Gasteiger partial charge in [-0.1, -0.05) is 231 Å². The Kier molecular flexibility index (Phi) is 13.0. The lowest BCUT2D eigenvalue weighted by Crippen LogP contribution is -2.03. The van der Waals surface area contributed by atoms with Gasteiger partial charge in [0.1, 0.15) is 0 Å². The Morgan fingerprint density at radius 1 is 0.157 bits per heavy atom. The molecule has 0 N–H and O–H groups in total. The lowest BCUT2D eigenvalue weighted by molar-refractivity contribution is 1.14. The molecule has 0 aliphatic carbocycles. The van der Waals surface area contributed by atoms with Gasteiger partial charge in [-0.25, -0.2) is 9.97 Å². The third-order valence-electron chi connectivity index (χ3n) is 22.6. The smallest absolute Gasteiger partial charge is 0.160 e. The molecule has 108 heavy (non-hydrogen) atoms. The predicted molar refractivity (Wildman–Crippen MR) is 450 cm³/mol. The van der Waals surface area contributed by atoms with E-state index < -0.39 is 0 Å². The van der Waals surface area contributed by atoms with Gasteiger partial charge in [0.15, 0.2) is 5.82 Å². The number of fused-ring (bicyclic) bond motifs is 18. The van der Waals surface area contributed by atoms with Gasteiger partial charge in [0.25, 0.3) is 0 Å². The van der Waals surface area contributed by atoms with Gasteiger partial charge in [0, 0.05) is 115 Å². The van der Waals surface area contributed by atoms with Crippen molar-refractivity contribution in [3.8, 4) is 79.2 Å². The first-order chi connectivity index (χ1) is 53.6. The minimum atomic E-state index is 0.657. The molecule has 7 heterocycles. The van der Waals surface area contributed by atoms with Crippen LogP contribution in [0.1, 0.15) is 0 Å². The lowest BCUT2D eigenvalue weighted by Gasteiger charge is -2.20. The average Bonchev–Trinajstić information content (AvgIpc) is 1.53. The number of aromatic nitrogens is 8. The molecule has 0 spiro atoms. The van der Waals surface area contributed by atoms with Crippen molar-refractivity contribution in [1.82, 2.24) is 37.4 Å². The summed E-state index contributed by atoms with van der Waals surface area (Å²) in [7, 11) is 0. The standard InChI is InChI=1S/C100H62N8/c1-3-25-63(26-4-1)84-62-85(102-100(101-84)64-27-5-2-6-28-64)65-47-52-95(108-98-55-50-68(105-90-42-20-11-33-74(90)75-34-12-21-43-91(75)105)60-82(98)83-61-69(51-56-99(83)108)106-92-44-22-13-35-76(92)77-36-14-23-45-93(77)106)79(57-65)78-37-15-24-46-94(78)107-96-53-48-66(103-86-38-16-7-29-70(86)71-30-8-17-39-87(71)103)58-80(96)81-59-67(49-54-97(81)107)104-88-40-18-9-31-72(88)73-32-10-19-41-89(73)104/h1-62H. The van der Waals surface area contributed by atoms with E-state index in [9.17, 15) is 0 Å². The van der Waals surface area contributed by atoms with Gasteiger partial charge in [-0.2, -0.15) is 0 Å². The van der Waals surface area contributed by atoms with Crippen molar-refractivity contribution in [2.45, 2.75) is 0 Å². The summed E-state index contributed by atoms with van der Waals surface area (Å²) in [6, 6.07) is 138. The van der Waals surface area contributed by atoms with Crippen LogP contribution in [0.3, 0.4) is 0 Å². The van der Waals surface area contributed by atoms with E-state index in [4.69, 9.17) is 9.97 Å². The van der Waals surface area contributed by atoms with Crippen LogP contribution in [0.5, 0.6) is 0 Å². The highest BCUT2D eigenvalue weighted by atomic mass is 15.0. The first-order valence-corrected chi connectivity index (χ1v) is 37.0. The molecule has 0 aliphatic rings. The zero-order valence-electron chi connectivity index (χ0n) is 58.4. The summed E-state index contributed by atoms with van der Waals surface area (Å²) >= 11 is 0. The number of nitrogens with zero attached hydrogens (tertiary/aromatic N) is 8. The second kappa shape index (κ2) is 23.5. The molecule has 0 bridgehead atoms. The molecule has 7 aromatic heterocycles. The fourth-order valence-corrected chi connectivity index (χ4v) is 17.9. The molecular formula is C100H62N8. The molecule has 0 atom stereocenters. The van der Waals surface area contributed by atoms with Crippen molar-refractivity contribution >= 4 is 131 Å². The largest absolute Gasteiger partial charge is 0.309 e. The minimum Gasteiger partial charge on any atom is -0.309 e. The summed E-state index contributed by atoms with van der Waals surface area (Å²) in [6.45, 7) is 0. The normalized spacial score (nSPS) is 12.1. The van der Waals surface area contributed by atoms with E-state index in [0.717, 1.165) is 161 Å². The summed E-state index contributed by atoms with van der Waals surface area (Å²) < 4.78 is 14.8. The average molecular weight is 1380 g/mol. The number of para-hydroxylation sites is 9. The van der Waals surface area contributed by atoms with E-state index in [2.05, 4.69) is 397 Å². The molecule has 8 heteroatoms. The van der Waals surface area contributed by atoms with Gasteiger partial charge in [0.05, 0.1) is 89.0 Å². The van der Waals surface area contributed by atoms with Crippen LogP contribution >= 0.6 is 0 Å². The molecule has 8 nitrogen and oxygen atoms in total. The Bertz CT molecular complexity index is 7070. The van der Waals surface area contributed by atoms with Crippen LogP contribution in [0, 0.1) is 0 Å². The maximum atomic E-state index is 5.54. The Morgan fingerprint density at radius 2 is 0.426 bits per heavy atom. The molecule has 0 amide bonds. The molecule has 0 radical (unpaired) electrons.